The number of rotatable bonds is 3. The van der Waals surface area contributed by atoms with Crippen molar-refractivity contribution in [3.63, 3.8) is 0 Å². The summed E-state index contributed by atoms with van der Waals surface area (Å²) in [5, 5.41) is 12.9. The Bertz CT molecular complexity index is 893. The number of aromatic nitrogens is 2. The maximum atomic E-state index is 12.7. The average Bonchev–Trinajstić information content (AvgIpc) is 3.06. The minimum Gasteiger partial charge on any atom is -0.506 e. The highest BCUT2D eigenvalue weighted by Crippen LogP contribution is 2.31. The van der Waals surface area contributed by atoms with E-state index in [1.54, 1.807) is 23.0 Å². The van der Waals surface area contributed by atoms with Crippen LogP contribution >= 0.6 is 0 Å². The summed E-state index contributed by atoms with van der Waals surface area (Å²) in [5.74, 6) is -0.296. The number of benzene rings is 2. The van der Waals surface area contributed by atoms with Gasteiger partial charge in [0.1, 0.15) is 11.4 Å². The van der Waals surface area contributed by atoms with Crippen LogP contribution in [0.25, 0.3) is 5.69 Å². The monoisotopic (exact) mass is 335 g/mol. The summed E-state index contributed by atoms with van der Waals surface area (Å²) < 4.78 is 1.71. The van der Waals surface area contributed by atoms with E-state index in [2.05, 4.69) is 31.1 Å². The Morgan fingerprint density at radius 2 is 1.84 bits per heavy atom. The molecule has 0 saturated heterocycles. The van der Waals surface area contributed by atoms with Crippen molar-refractivity contribution in [2.24, 2.45) is 0 Å². The number of imidazole rings is 1. The van der Waals surface area contributed by atoms with Crippen molar-refractivity contribution in [2.75, 3.05) is 5.32 Å². The average molecular weight is 335 g/mol. The second-order valence-electron chi connectivity index (χ2n) is 6.92. The predicted octanol–water partition coefficient (Wildman–Crippen LogP) is 4.13. The Balaban J connectivity index is 1.91. The Kier molecular flexibility index (Phi) is 4.31. The van der Waals surface area contributed by atoms with Crippen molar-refractivity contribution in [3.05, 3.63) is 72.3 Å². The number of anilines is 1. The molecule has 0 aliphatic carbocycles. The molecule has 1 amide bonds. The van der Waals surface area contributed by atoms with Crippen molar-refractivity contribution < 1.29 is 9.90 Å². The van der Waals surface area contributed by atoms with Gasteiger partial charge in [-0.05, 0) is 35.2 Å². The summed E-state index contributed by atoms with van der Waals surface area (Å²) in [7, 11) is 0. The number of nitrogens with zero attached hydrogens (tertiary/aromatic N) is 2. The van der Waals surface area contributed by atoms with Crippen LogP contribution < -0.4 is 5.32 Å². The highest BCUT2D eigenvalue weighted by Gasteiger charge is 2.18. The number of phenols is 1. The summed E-state index contributed by atoms with van der Waals surface area (Å²) in [6, 6.07) is 14.8. The molecule has 5 heteroatoms. The molecular formula is C20H21N3O2. The lowest BCUT2D eigenvalue weighted by molar-refractivity contribution is 0.102. The third-order valence-corrected chi connectivity index (χ3v) is 4.02. The van der Waals surface area contributed by atoms with E-state index in [-0.39, 0.29) is 17.1 Å². The molecule has 0 fully saturated rings. The van der Waals surface area contributed by atoms with Gasteiger partial charge in [-0.1, -0.05) is 45.0 Å². The quantitative estimate of drug-likeness (QED) is 0.707. The van der Waals surface area contributed by atoms with Gasteiger partial charge in [-0.15, -0.1) is 0 Å². The zero-order valence-electron chi connectivity index (χ0n) is 14.5. The number of carbonyl (C=O) groups excluding carboxylic acids is 1. The van der Waals surface area contributed by atoms with E-state index in [1.165, 1.54) is 6.20 Å². The van der Waals surface area contributed by atoms with Gasteiger partial charge in [0.05, 0.1) is 18.2 Å². The molecule has 0 spiro atoms. The second kappa shape index (κ2) is 6.43. The second-order valence-corrected chi connectivity index (χ2v) is 6.92. The van der Waals surface area contributed by atoms with Crippen LogP contribution in [0, 0.1) is 0 Å². The van der Waals surface area contributed by atoms with E-state index >= 15 is 0 Å². The van der Waals surface area contributed by atoms with Gasteiger partial charge < -0.3 is 10.4 Å². The van der Waals surface area contributed by atoms with Crippen LogP contribution in [0.5, 0.6) is 5.75 Å². The highest BCUT2D eigenvalue weighted by molar-refractivity contribution is 6.04. The largest absolute Gasteiger partial charge is 0.506 e. The molecule has 3 rings (SSSR count). The zero-order valence-corrected chi connectivity index (χ0v) is 14.5. The summed E-state index contributed by atoms with van der Waals surface area (Å²) in [6.45, 7) is 6.24. The fourth-order valence-electron chi connectivity index (χ4n) is 2.55. The SMILES string of the molecule is CC(C)(C)c1ccc(O)c(NC(=O)c2cncn2-c2ccccc2)c1. The van der Waals surface area contributed by atoms with E-state index in [9.17, 15) is 9.90 Å². The van der Waals surface area contributed by atoms with Crippen LogP contribution in [0.4, 0.5) is 5.69 Å². The Morgan fingerprint density at radius 3 is 2.52 bits per heavy atom. The molecule has 0 radical (unpaired) electrons. The van der Waals surface area contributed by atoms with Crippen LogP contribution in [-0.2, 0) is 5.41 Å². The van der Waals surface area contributed by atoms with Gasteiger partial charge in [-0.3, -0.25) is 9.36 Å². The molecule has 0 aliphatic rings. The Hall–Kier alpha value is -3.08. The molecule has 0 saturated carbocycles. The maximum absolute atomic E-state index is 12.7. The molecule has 25 heavy (non-hydrogen) atoms. The van der Waals surface area contributed by atoms with Gasteiger partial charge in [-0.2, -0.15) is 0 Å². The number of aromatic hydroxyl groups is 1. The minimum absolute atomic E-state index is 0.0344. The van der Waals surface area contributed by atoms with Crippen molar-refractivity contribution in [3.8, 4) is 11.4 Å². The lowest BCUT2D eigenvalue weighted by atomic mass is 9.87. The standard InChI is InChI=1S/C20H21N3O2/c1-20(2,3)14-9-10-18(24)16(11-14)22-19(25)17-12-21-13-23(17)15-7-5-4-6-8-15/h4-13,24H,1-3H3,(H,22,25). The predicted molar refractivity (Wildman–Crippen MR) is 98.3 cm³/mol. The smallest absolute Gasteiger partial charge is 0.274 e. The number of amides is 1. The number of nitrogens with one attached hydrogen (secondary N) is 1. The molecular weight excluding hydrogens is 314 g/mol. The number of hydrogen-bond acceptors (Lipinski definition) is 3. The highest BCUT2D eigenvalue weighted by atomic mass is 16.3. The Morgan fingerprint density at radius 1 is 1.12 bits per heavy atom. The molecule has 5 nitrogen and oxygen atoms in total. The van der Waals surface area contributed by atoms with E-state index in [4.69, 9.17) is 0 Å². The summed E-state index contributed by atoms with van der Waals surface area (Å²) in [4.78, 5) is 16.8. The Labute approximate surface area is 147 Å². The van der Waals surface area contributed by atoms with Crippen LogP contribution in [-0.4, -0.2) is 20.6 Å². The van der Waals surface area contributed by atoms with Crippen molar-refractivity contribution in [2.45, 2.75) is 26.2 Å². The molecule has 0 bridgehead atoms. The lowest BCUT2D eigenvalue weighted by Crippen LogP contribution is -2.17. The normalized spacial score (nSPS) is 11.3. The molecule has 3 aromatic rings. The number of hydrogen-bond donors (Lipinski definition) is 2. The van der Waals surface area contributed by atoms with Crippen LogP contribution in [0.2, 0.25) is 0 Å². The third kappa shape index (κ3) is 3.55. The first-order valence-corrected chi connectivity index (χ1v) is 8.09. The molecule has 1 heterocycles. The zero-order chi connectivity index (χ0) is 18.0. The summed E-state index contributed by atoms with van der Waals surface area (Å²) in [5.41, 5.74) is 2.57. The summed E-state index contributed by atoms with van der Waals surface area (Å²) >= 11 is 0. The van der Waals surface area contributed by atoms with Crippen molar-refractivity contribution >= 4 is 11.6 Å². The fraction of sp³-hybridized carbons (Fsp3) is 0.200. The topological polar surface area (TPSA) is 67.2 Å². The van der Waals surface area contributed by atoms with Gasteiger partial charge in [0, 0.05) is 5.69 Å². The first kappa shape index (κ1) is 16.8. The van der Waals surface area contributed by atoms with Crippen LogP contribution in [0.1, 0.15) is 36.8 Å². The van der Waals surface area contributed by atoms with Crippen molar-refractivity contribution in [1.29, 1.82) is 0 Å². The fourth-order valence-corrected chi connectivity index (χ4v) is 2.55. The van der Waals surface area contributed by atoms with Crippen LogP contribution in [0.3, 0.4) is 0 Å². The molecule has 2 N–H and O–H groups in total. The number of carbonyl (C=O) groups is 1. The van der Waals surface area contributed by atoms with Crippen molar-refractivity contribution in [1.82, 2.24) is 9.55 Å². The number of phenolic OH excluding ortho intramolecular Hbond substituents is 1. The van der Waals surface area contributed by atoms with Crippen LogP contribution in [0.15, 0.2) is 61.1 Å². The van der Waals surface area contributed by atoms with Gasteiger partial charge in [0.25, 0.3) is 5.91 Å². The van der Waals surface area contributed by atoms with E-state index in [1.807, 2.05) is 36.4 Å². The van der Waals surface area contributed by atoms with Gasteiger partial charge in [0.15, 0.2) is 0 Å². The molecule has 2 aromatic carbocycles. The minimum atomic E-state index is -0.331. The first-order chi connectivity index (χ1) is 11.9. The van der Waals surface area contributed by atoms with E-state index in [0.29, 0.717) is 11.4 Å². The summed E-state index contributed by atoms with van der Waals surface area (Å²) in [6.07, 6.45) is 3.10. The van der Waals surface area contributed by atoms with Gasteiger partial charge >= 0.3 is 0 Å². The maximum Gasteiger partial charge on any atom is 0.274 e. The van der Waals surface area contributed by atoms with E-state index < -0.39 is 0 Å². The molecule has 0 aliphatic heterocycles. The first-order valence-electron chi connectivity index (χ1n) is 8.09. The molecule has 0 atom stereocenters. The third-order valence-electron chi connectivity index (χ3n) is 4.02. The van der Waals surface area contributed by atoms with Gasteiger partial charge in [-0.25, -0.2) is 4.98 Å². The lowest BCUT2D eigenvalue weighted by Gasteiger charge is -2.20. The molecule has 128 valence electrons. The molecule has 0 unspecified atom stereocenters. The molecule has 1 aromatic heterocycles. The number of para-hydroxylation sites is 1. The van der Waals surface area contributed by atoms with E-state index in [0.717, 1.165) is 11.3 Å². The van der Waals surface area contributed by atoms with Gasteiger partial charge in [0.2, 0.25) is 0 Å².